The van der Waals surface area contributed by atoms with Gasteiger partial charge in [-0.15, -0.1) is 10.2 Å². The molecule has 0 fully saturated rings. The van der Waals surface area contributed by atoms with Crippen LogP contribution >= 0.6 is 11.8 Å². The zero-order valence-electron chi connectivity index (χ0n) is 16.6. The van der Waals surface area contributed by atoms with Gasteiger partial charge in [-0.2, -0.15) is 0 Å². The van der Waals surface area contributed by atoms with Gasteiger partial charge in [0.05, 0.1) is 18.6 Å². The number of furan rings is 1. The maximum absolute atomic E-state index is 12.3. The van der Waals surface area contributed by atoms with Crippen LogP contribution < -0.4 is 5.32 Å². The number of nitrogens with zero attached hydrogens (tertiary/aromatic N) is 3. The molecule has 152 valence electrons. The van der Waals surface area contributed by atoms with Crippen molar-refractivity contribution in [3.05, 3.63) is 89.9 Å². The third kappa shape index (κ3) is 4.99. The Balaban J connectivity index is 1.48. The Labute approximate surface area is 179 Å². The first-order valence-electron chi connectivity index (χ1n) is 9.65. The van der Waals surface area contributed by atoms with Crippen molar-refractivity contribution >= 4 is 17.7 Å². The van der Waals surface area contributed by atoms with Crippen molar-refractivity contribution in [3.63, 3.8) is 0 Å². The molecular formula is C23H22N4O2S. The fraction of sp³-hybridized carbons (Fsp3) is 0.174. The van der Waals surface area contributed by atoms with Crippen molar-refractivity contribution in [2.75, 3.05) is 5.75 Å². The number of benzene rings is 2. The lowest BCUT2D eigenvalue weighted by molar-refractivity contribution is -0.118. The number of aromatic nitrogens is 3. The first-order chi connectivity index (χ1) is 14.7. The highest BCUT2D eigenvalue weighted by Crippen LogP contribution is 2.26. The number of thioether (sulfide) groups is 1. The maximum atomic E-state index is 12.3. The van der Waals surface area contributed by atoms with Crippen LogP contribution in [0.5, 0.6) is 0 Å². The second-order valence-electron chi connectivity index (χ2n) is 6.89. The minimum Gasteiger partial charge on any atom is -0.467 e. The Bertz CT molecular complexity index is 1110. The molecule has 0 radical (unpaired) electrons. The van der Waals surface area contributed by atoms with Gasteiger partial charge in [0.1, 0.15) is 5.76 Å². The standard InChI is InChI=1S/C23H22N4O2S/c1-17-7-5-10-19(13-17)22-25-26-23(27(22)15-20-11-6-12-29-20)30-16-21(28)24-14-18-8-3-2-4-9-18/h2-13H,14-16H2,1H3,(H,24,28). The van der Waals surface area contributed by atoms with Gasteiger partial charge < -0.3 is 9.73 Å². The number of carbonyl (C=O) groups excluding carboxylic acids is 1. The Kier molecular flexibility index (Phi) is 6.29. The summed E-state index contributed by atoms with van der Waals surface area (Å²) in [4.78, 5) is 12.3. The Morgan fingerprint density at radius 1 is 1.07 bits per heavy atom. The molecule has 2 aromatic carbocycles. The predicted octanol–water partition coefficient (Wildman–Crippen LogP) is 4.30. The molecule has 0 aliphatic heterocycles. The normalized spacial score (nSPS) is 10.8. The van der Waals surface area contributed by atoms with E-state index in [2.05, 4.69) is 21.6 Å². The van der Waals surface area contributed by atoms with E-state index >= 15 is 0 Å². The second kappa shape index (κ2) is 9.45. The number of amides is 1. The lowest BCUT2D eigenvalue weighted by atomic mass is 10.1. The van der Waals surface area contributed by atoms with E-state index in [1.54, 1.807) is 6.26 Å². The van der Waals surface area contributed by atoms with Crippen molar-refractivity contribution in [1.82, 2.24) is 20.1 Å². The molecule has 2 heterocycles. The topological polar surface area (TPSA) is 73.0 Å². The molecule has 4 aromatic rings. The van der Waals surface area contributed by atoms with Gasteiger partial charge in [-0.1, -0.05) is 65.9 Å². The van der Waals surface area contributed by atoms with Gasteiger partial charge >= 0.3 is 0 Å². The van der Waals surface area contributed by atoms with Crippen molar-refractivity contribution in [3.8, 4) is 11.4 Å². The molecule has 7 heteroatoms. The summed E-state index contributed by atoms with van der Waals surface area (Å²) in [6.07, 6.45) is 1.65. The van der Waals surface area contributed by atoms with Gasteiger partial charge in [0, 0.05) is 12.1 Å². The molecule has 0 spiro atoms. The van der Waals surface area contributed by atoms with Crippen LogP contribution in [0.25, 0.3) is 11.4 Å². The van der Waals surface area contributed by atoms with Crippen LogP contribution in [0.3, 0.4) is 0 Å². The highest BCUT2D eigenvalue weighted by Gasteiger charge is 2.17. The monoisotopic (exact) mass is 418 g/mol. The third-order valence-corrected chi connectivity index (χ3v) is 5.52. The third-order valence-electron chi connectivity index (χ3n) is 4.55. The molecule has 0 unspecified atom stereocenters. The van der Waals surface area contributed by atoms with E-state index in [0.717, 1.165) is 28.3 Å². The van der Waals surface area contributed by atoms with Gasteiger partial charge in [-0.25, -0.2) is 0 Å². The summed E-state index contributed by atoms with van der Waals surface area (Å²) < 4.78 is 7.51. The van der Waals surface area contributed by atoms with E-state index in [9.17, 15) is 4.79 Å². The average molecular weight is 419 g/mol. The molecular weight excluding hydrogens is 396 g/mol. The van der Waals surface area contributed by atoms with Crippen molar-refractivity contribution in [1.29, 1.82) is 0 Å². The van der Waals surface area contributed by atoms with E-state index in [4.69, 9.17) is 4.42 Å². The van der Waals surface area contributed by atoms with Gasteiger partial charge in [0.25, 0.3) is 0 Å². The molecule has 0 aliphatic carbocycles. The van der Waals surface area contributed by atoms with Crippen LogP contribution in [0.4, 0.5) is 0 Å². The van der Waals surface area contributed by atoms with Crippen LogP contribution in [0.2, 0.25) is 0 Å². The van der Waals surface area contributed by atoms with Crippen molar-refractivity contribution in [2.24, 2.45) is 0 Å². The summed E-state index contributed by atoms with van der Waals surface area (Å²) in [6, 6.07) is 21.8. The fourth-order valence-corrected chi connectivity index (χ4v) is 3.84. The molecule has 2 aromatic heterocycles. The lowest BCUT2D eigenvalue weighted by Crippen LogP contribution is -2.24. The molecule has 0 atom stereocenters. The number of rotatable bonds is 8. The molecule has 1 N–H and O–H groups in total. The van der Waals surface area contributed by atoms with E-state index in [1.807, 2.05) is 72.2 Å². The van der Waals surface area contributed by atoms with Crippen LogP contribution in [0.15, 0.2) is 82.6 Å². The Hall–Kier alpha value is -3.32. The van der Waals surface area contributed by atoms with E-state index in [0.29, 0.717) is 18.2 Å². The van der Waals surface area contributed by atoms with Crippen LogP contribution in [0, 0.1) is 6.92 Å². The van der Waals surface area contributed by atoms with Crippen molar-refractivity contribution < 1.29 is 9.21 Å². The van der Waals surface area contributed by atoms with Gasteiger partial charge in [-0.05, 0) is 30.7 Å². The molecule has 0 saturated carbocycles. The molecule has 1 amide bonds. The number of nitrogens with one attached hydrogen (secondary N) is 1. The summed E-state index contributed by atoms with van der Waals surface area (Å²) in [7, 11) is 0. The Morgan fingerprint density at radius 2 is 1.93 bits per heavy atom. The first-order valence-corrected chi connectivity index (χ1v) is 10.6. The average Bonchev–Trinajstić information content (AvgIpc) is 3.42. The highest BCUT2D eigenvalue weighted by molar-refractivity contribution is 7.99. The highest BCUT2D eigenvalue weighted by atomic mass is 32.2. The van der Waals surface area contributed by atoms with E-state index in [1.165, 1.54) is 11.8 Å². The Morgan fingerprint density at radius 3 is 2.70 bits per heavy atom. The van der Waals surface area contributed by atoms with Crippen LogP contribution in [-0.2, 0) is 17.9 Å². The number of carbonyl (C=O) groups is 1. The lowest BCUT2D eigenvalue weighted by Gasteiger charge is -2.09. The number of hydrogen-bond donors (Lipinski definition) is 1. The van der Waals surface area contributed by atoms with E-state index < -0.39 is 0 Å². The number of hydrogen-bond acceptors (Lipinski definition) is 5. The fourth-order valence-electron chi connectivity index (χ4n) is 3.07. The molecule has 0 saturated heterocycles. The molecule has 30 heavy (non-hydrogen) atoms. The zero-order valence-corrected chi connectivity index (χ0v) is 17.4. The van der Waals surface area contributed by atoms with Crippen molar-refractivity contribution in [2.45, 2.75) is 25.2 Å². The largest absolute Gasteiger partial charge is 0.467 e. The van der Waals surface area contributed by atoms with Gasteiger partial charge in [0.2, 0.25) is 5.91 Å². The number of aryl methyl sites for hydroxylation is 1. The maximum Gasteiger partial charge on any atom is 0.230 e. The molecule has 4 rings (SSSR count). The zero-order chi connectivity index (χ0) is 20.8. The summed E-state index contributed by atoms with van der Waals surface area (Å²) >= 11 is 1.37. The predicted molar refractivity (Wildman–Crippen MR) is 117 cm³/mol. The minimum absolute atomic E-state index is 0.0477. The van der Waals surface area contributed by atoms with Crippen LogP contribution in [-0.4, -0.2) is 26.4 Å². The summed E-state index contributed by atoms with van der Waals surface area (Å²) in [5.41, 5.74) is 3.20. The smallest absolute Gasteiger partial charge is 0.230 e. The van der Waals surface area contributed by atoms with Gasteiger partial charge in [0.15, 0.2) is 11.0 Å². The quantitative estimate of drug-likeness (QED) is 0.432. The second-order valence-corrected chi connectivity index (χ2v) is 7.83. The summed E-state index contributed by atoms with van der Waals surface area (Å²) in [5, 5.41) is 12.4. The van der Waals surface area contributed by atoms with Crippen LogP contribution in [0.1, 0.15) is 16.9 Å². The SMILES string of the molecule is Cc1cccc(-c2nnc(SCC(=O)NCc3ccccc3)n2Cc2ccco2)c1. The molecule has 0 aliphatic rings. The minimum atomic E-state index is -0.0477. The first kappa shape index (κ1) is 20.0. The molecule has 0 bridgehead atoms. The van der Waals surface area contributed by atoms with Gasteiger partial charge in [-0.3, -0.25) is 9.36 Å². The summed E-state index contributed by atoms with van der Waals surface area (Å²) in [5.74, 6) is 1.77. The summed E-state index contributed by atoms with van der Waals surface area (Å²) in [6.45, 7) is 3.05. The van der Waals surface area contributed by atoms with E-state index in [-0.39, 0.29) is 11.7 Å². The molecule has 6 nitrogen and oxygen atoms in total.